The van der Waals surface area contributed by atoms with Gasteiger partial charge in [0.2, 0.25) is 5.91 Å². The Kier molecular flexibility index (Phi) is 7.41. The number of fused-ring (bicyclic) bond motifs is 1. The van der Waals surface area contributed by atoms with Gasteiger partial charge in [0, 0.05) is 30.7 Å². The number of rotatable bonds is 7. The minimum absolute atomic E-state index is 0. The number of carbonyl (C=O) groups excluding carboxylic acids is 1. The van der Waals surface area contributed by atoms with E-state index in [9.17, 15) is 14.9 Å². The highest BCUT2D eigenvalue weighted by molar-refractivity contribution is 6.30. The average Bonchev–Trinajstić information content (AvgIpc) is 3.08. The highest BCUT2D eigenvalue weighted by atomic mass is 35.5. The molecule has 7 nitrogen and oxygen atoms in total. The lowest BCUT2D eigenvalue weighted by Gasteiger charge is -2.09. The number of carbonyl (C=O) groups is 1. The molecule has 0 saturated heterocycles. The van der Waals surface area contributed by atoms with Crippen molar-refractivity contribution in [2.75, 3.05) is 6.61 Å². The lowest BCUT2D eigenvalue weighted by atomic mass is 10.1. The number of nitro benzene ring substituents is 1. The molecule has 9 heteroatoms. The predicted molar refractivity (Wildman–Crippen MR) is 104 cm³/mol. The first-order valence-electron chi connectivity index (χ1n) is 8.18. The summed E-state index contributed by atoms with van der Waals surface area (Å²) in [7, 11) is 0. The van der Waals surface area contributed by atoms with Crippen molar-refractivity contribution >= 4 is 35.6 Å². The van der Waals surface area contributed by atoms with Gasteiger partial charge < -0.3 is 15.4 Å². The number of nitro groups is 1. The van der Waals surface area contributed by atoms with E-state index in [1.54, 1.807) is 0 Å². The second-order valence-electron chi connectivity index (χ2n) is 5.95. The molecule has 0 radical (unpaired) electrons. The fraction of sp³-hybridized carbons (Fsp3) is 0.278. The molecule has 2 aromatic carbocycles. The SMILES string of the molecule is Cl.O=C(CCOc1ccc(Cl)cc1[N+](=O)[O-])NCc1ccc2c(c1)CNC2. The van der Waals surface area contributed by atoms with E-state index in [4.69, 9.17) is 16.3 Å². The van der Waals surface area contributed by atoms with Crippen LogP contribution >= 0.6 is 24.0 Å². The van der Waals surface area contributed by atoms with E-state index in [-0.39, 0.29) is 47.8 Å². The smallest absolute Gasteiger partial charge is 0.312 e. The molecule has 1 aliphatic heterocycles. The van der Waals surface area contributed by atoms with E-state index in [1.807, 2.05) is 6.07 Å². The molecule has 0 saturated carbocycles. The normalized spacial score (nSPS) is 12.0. The summed E-state index contributed by atoms with van der Waals surface area (Å²) < 4.78 is 5.37. The third kappa shape index (κ3) is 5.56. The highest BCUT2D eigenvalue weighted by Gasteiger charge is 2.16. The number of amides is 1. The van der Waals surface area contributed by atoms with Crippen LogP contribution in [0.25, 0.3) is 0 Å². The van der Waals surface area contributed by atoms with E-state index >= 15 is 0 Å². The summed E-state index contributed by atoms with van der Waals surface area (Å²) in [5.74, 6) is -0.0847. The van der Waals surface area contributed by atoms with Gasteiger partial charge in [0.1, 0.15) is 0 Å². The maximum atomic E-state index is 12.0. The molecule has 0 aromatic heterocycles. The summed E-state index contributed by atoms with van der Waals surface area (Å²) in [5.41, 5.74) is 3.37. The van der Waals surface area contributed by atoms with Crippen molar-refractivity contribution in [3.8, 4) is 5.75 Å². The molecule has 144 valence electrons. The minimum Gasteiger partial charge on any atom is -0.486 e. The molecule has 0 atom stereocenters. The molecular weight excluding hydrogens is 393 g/mol. The van der Waals surface area contributed by atoms with E-state index in [0.717, 1.165) is 18.7 Å². The molecule has 2 aromatic rings. The van der Waals surface area contributed by atoms with Gasteiger partial charge in [-0.2, -0.15) is 0 Å². The van der Waals surface area contributed by atoms with Crippen molar-refractivity contribution in [2.45, 2.75) is 26.1 Å². The van der Waals surface area contributed by atoms with Crippen molar-refractivity contribution in [2.24, 2.45) is 0 Å². The molecule has 0 unspecified atom stereocenters. The van der Waals surface area contributed by atoms with Gasteiger partial charge in [-0.3, -0.25) is 14.9 Å². The van der Waals surface area contributed by atoms with Crippen molar-refractivity contribution < 1.29 is 14.5 Å². The van der Waals surface area contributed by atoms with Gasteiger partial charge in [0.05, 0.1) is 18.0 Å². The Morgan fingerprint density at radius 1 is 1.22 bits per heavy atom. The first kappa shape index (κ1) is 21.0. The lowest BCUT2D eigenvalue weighted by molar-refractivity contribution is -0.385. The lowest BCUT2D eigenvalue weighted by Crippen LogP contribution is -2.24. The predicted octanol–water partition coefficient (Wildman–Crippen LogP) is 3.36. The van der Waals surface area contributed by atoms with Crippen LogP contribution in [0.2, 0.25) is 5.02 Å². The molecule has 2 N–H and O–H groups in total. The third-order valence-electron chi connectivity index (χ3n) is 4.10. The van der Waals surface area contributed by atoms with Crippen LogP contribution in [0.1, 0.15) is 23.1 Å². The fourth-order valence-corrected chi connectivity index (χ4v) is 2.92. The van der Waals surface area contributed by atoms with Gasteiger partial charge in [0.15, 0.2) is 5.75 Å². The molecule has 3 rings (SSSR count). The van der Waals surface area contributed by atoms with Gasteiger partial charge >= 0.3 is 5.69 Å². The highest BCUT2D eigenvalue weighted by Crippen LogP contribution is 2.29. The monoisotopic (exact) mass is 411 g/mol. The minimum atomic E-state index is -0.565. The Morgan fingerprint density at radius 3 is 2.78 bits per heavy atom. The van der Waals surface area contributed by atoms with Gasteiger partial charge in [-0.1, -0.05) is 29.8 Å². The Morgan fingerprint density at radius 2 is 2.00 bits per heavy atom. The van der Waals surface area contributed by atoms with E-state index in [2.05, 4.69) is 22.8 Å². The number of hydrogen-bond acceptors (Lipinski definition) is 5. The quantitative estimate of drug-likeness (QED) is 0.537. The molecule has 1 heterocycles. The number of nitrogens with one attached hydrogen (secondary N) is 2. The van der Waals surface area contributed by atoms with Crippen LogP contribution in [0.15, 0.2) is 36.4 Å². The zero-order valence-electron chi connectivity index (χ0n) is 14.4. The average molecular weight is 412 g/mol. The fourth-order valence-electron chi connectivity index (χ4n) is 2.76. The van der Waals surface area contributed by atoms with Crippen LogP contribution in [0, 0.1) is 10.1 Å². The molecule has 0 spiro atoms. The maximum absolute atomic E-state index is 12.0. The summed E-state index contributed by atoms with van der Waals surface area (Å²) in [5, 5.41) is 17.4. The number of halogens is 2. The van der Waals surface area contributed by atoms with E-state index < -0.39 is 4.92 Å². The van der Waals surface area contributed by atoms with Gasteiger partial charge in [-0.15, -0.1) is 12.4 Å². The topological polar surface area (TPSA) is 93.5 Å². The molecule has 0 bridgehead atoms. The first-order chi connectivity index (χ1) is 12.5. The maximum Gasteiger partial charge on any atom is 0.312 e. The van der Waals surface area contributed by atoms with Crippen molar-refractivity contribution in [3.63, 3.8) is 0 Å². The molecule has 27 heavy (non-hydrogen) atoms. The molecule has 0 aliphatic carbocycles. The van der Waals surface area contributed by atoms with Gasteiger partial charge in [-0.05, 0) is 28.8 Å². The largest absolute Gasteiger partial charge is 0.486 e. The van der Waals surface area contributed by atoms with Crippen molar-refractivity contribution in [1.29, 1.82) is 0 Å². The standard InChI is InChI=1S/C18H18ClN3O4.ClH/c19-15-3-4-17(16(8-15)22(24)25)26-6-5-18(23)21-9-12-1-2-13-10-20-11-14(13)7-12;/h1-4,7-8,20H,5-6,9-11H2,(H,21,23);1H. The Balaban J connectivity index is 0.00000261. The summed E-state index contributed by atoms with van der Waals surface area (Å²) in [6.07, 6.45) is 0.103. The summed E-state index contributed by atoms with van der Waals surface area (Å²) in [4.78, 5) is 22.4. The number of nitrogens with zero attached hydrogens (tertiary/aromatic N) is 1. The van der Waals surface area contributed by atoms with Crippen molar-refractivity contribution in [3.05, 3.63) is 68.2 Å². The Bertz CT molecular complexity index is 845. The Labute approximate surface area is 167 Å². The zero-order valence-corrected chi connectivity index (χ0v) is 15.9. The second kappa shape index (κ2) is 9.55. The molecule has 1 amide bonds. The number of benzene rings is 2. The molecule has 1 aliphatic rings. The van der Waals surface area contributed by atoms with Crippen LogP contribution in [0.3, 0.4) is 0 Å². The summed E-state index contributed by atoms with van der Waals surface area (Å²) >= 11 is 5.75. The third-order valence-corrected chi connectivity index (χ3v) is 4.33. The van der Waals surface area contributed by atoms with E-state index in [0.29, 0.717) is 6.54 Å². The van der Waals surface area contributed by atoms with E-state index in [1.165, 1.54) is 29.3 Å². The van der Waals surface area contributed by atoms with Crippen LogP contribution < -0.4 is 15.4 Å². The summed E-state index contributed by atoms with van der Waals surface area (Å²) in [6, 6.07) is 10.3. The molecular formula is C18H19Cl2N3O4. The second-order valence-corrected chi connectivity index (χ2v) is 6.39. The Hall–Kier alpha value is -2.35. The zero-order chi connectivity index (χ0) is 18.5. The van der Waals surface area contributed by atoms with Crippen molar-refractivity contribution in [1.82, 2.24) is 10.6 Å². The van der Waals surface area contributed by atoms with Gasteiger partial charge in [0.25, 0.3) is 0 Å². The van der Waals surface area contributed by atoms with Crippen LogP contribution in [-0.2, 0) is 24.4 Å². The van der Waals surface area contributed by atoms with Crippen LogP contribution in [-0.4, -0.2) is 17.4 Å². The van der Waals surface area contributed by atoms with Crippen LogP contribution in [0.5, 0.6) is 5.75 Å². The number of ether oxygens (including phenoxy) is 1. The first-order valence-corrected chi connectivity index (χ1v) is 8.55. The van der Waals surface area contributed by atoms with Crippen LogP contribution in [0.4, 0.5) is 5.69 Å². The summed E-state index contributed by atoms with van der Waals surface area (Å²) in [6.45, 7) is 2.22. The number of hydrogen-bond donors (Lipinski definition) is 2. The van der Waals surface area contributed by atoms with Gasteiger partial charge in [-0.25, -0.2) is 0 Å². The molecule has 0 fully saturated rings.